The van der Waals surface area contributed by atoms with E-state index in [2.05, 4.69) is 24.4 Å². The van der Waals surface area contributed by atoms with Gasteiger partial charge in [0.25, 0.3) is 0 Å². The van der Waals surface area contributed by atoms with Crippen molar-refractivity contribution in [2.75, 3.05) is 19.2 Å². The fourth-order valence-corrected chi connectivity index (χ4v) is 1.62. The molecule has 0 atom stereocenters. The van der Waals surface area contributed by atoms with Gasteiger partial charge in [0.1, 0.15) is 5.75 Å². The van der Waals surface area contributed by atoms with Crippen molar-refractivity contribution in [3.05, 3.63) is 29.3 Å². The number of rotatable bonds is 6. The third-order valence-electron chi connectivity index (χ3n) is 2.22. The standard InChI is InChI=1S/C12H18ClNO/c1-3-15-12-5-4-11(8-10(12)2)6-7-14-9-13/h4-5,8,14H,3,6-7,9H2,1-2H3. The second kappa shape index (κ2) is 6.70. The van der Waals surface area contributed by atoms with Gasteiger partial charge in [-0.3, -0.25) is 0 Å². The van der Waals surface area contributed by atoms with Crippen LogP contribution in [0.1, 0.15) is 18.1 Å². The Labute approximate surface area is 96.6 Å². The van der Waals surface area contributed by atoms with Crippen LogP contribution in [-0.4, -0.2) is 19.2 Å². The van der Waals surface area contributed by atoms with Crippen molar-refractivity contribution in [3.8, 4) is 5.75 Å². The molecule has 0 bridgehead atoms. The number of ether oxygens (including phenoxy) is 1. The summed E-state index contributed by atoms with van der Waals surface area (Å²) in [6.45, 7) is 5.70. The molecule has 2 nitrogen and oxygen atoms in total. The maximum Gasteiger partial charge on any atom is 0.122 e. The van der Waals surface area contributed by atoms with Crippen molar-refractivity contribution in [3.63, 3.8) is 0 Å². The molecule has 0 radical (unpaired) electrons. The van der Waals surface area contributed by atoms with Crippen LogP contribution in [0.4, 0.5) is 0 Å². The lowest BCUT2D eigenvalue weighted by Gasteiger charge is -2.09. The lowest BCUT2D eigenvalue weighted by atomic mass is 10.1. The van der Waals surface area contributed by atoms with Gasteiger partial charge in [-0.25, -0.2) is 0 Å². The van der Waals surface area contributed by atoms with Crippen molar-refractivity contribution >= 4 is 11.6 Å². The Kier molecular flexibility index (Phi) is 5.51. The fraction of sp³-hybridized carbons (Fsp3) is 0.500. The van der Waals surface area contributed by atoms with Crippen molar-refractivity contribution in [2.45, 2.75) is 20.3 Å². The van der Waals surface area contributed by atoms with E-state index in [4.69, 9.17) is 16.3 Å². The van der Waals surface area contributed by atoms with Crippen LogP contribution in [0.2, 0.25) is 0 Å². The lowest BCUT2D eigenvalue weighted by molar-refractivity contribution is 0.338. The first-order valence-electron chi connectivity index (χ1n) is 5.27. The van der Waals surface area contributed by atoms with Crippen molar-refractivity contribution in [1.82, 2.24) is 5.32 Å². The van der Waals surface area contributed by atoms with Crippen LogP contribution in [-0.2, 0) is 6.42 Å². The summed E-state index contributed by atoms with van der Waals surface area (Å²) in [5.74, 6) is 0.978. The highest BCUT2D eigenvalue weighted by Crippen LogP contribution is 2.19. The molecular formula is C12H18ClNO. The van der Waals surface area contributed by atoms with Crippen LogP contribution < -0.4 is 10.1 Å². The molecule has 3 heteroatoms. The summed E-state index contributed by atoms with van der Waals surface area (Å²) in [6, 6.07) is 6.82. The topological polar surface area (TPSA) is 21.3 Å². The van der Waals surface area contributed by atoms with Crippen molar-refractivity contribution in [2.24, 2.45) is 0 Å². The van der Waals surface area contributed by atoms with Gasteiger partial charge in [-0.1, -0.05) is 12.1 Å². The van der Waals surface area contributed by atoms with E-state index >= 15 is 0 Å². The molecule has 0 aliphatic heterocycles. The predicted molar refractivity (Wildman–Crippen MR) is 64.8 cm³/mol. The van der Waals surface area contributed by atoms with Gasteiger partial charge < -0.3 is 10.1 Å². The Hall–Kier alpha value is -0.730. The van der Waals surface area contributed by atoms with E-state index in [1.54, 1.807) is 0 Å². The zero-order valence-corrected chi connectivity index (χ0v) is 10.1. The number of nitrogens with one attached hydrogen (secondary N) is 1. The summed E-state index contributed by atoms with van der Waals surface area (Å²) in [5.41, 5.74) is 2.51. The minimum Gasteiger partial charge on any atom is -0.494 e. The number of hydrogen-bond donors (Lipinski definition) is 1. The van der Waals surface area contributed by atoms with Crippen LogP contribution in [0.25, 0.3) is 0 Å². The maximum atomic E-state index is 5.53. The third-order valence-corrected chi connectivity index (χ3v) is 2.41. The van der Waals surface area contributed by atoms with Crippen LogP contribution in [0.15, 0.2) is 18.2 Å². The van der Waals surface area contributed by atoms with Gasteiger partial charge in [0.05, 0.1) is 12.6 Å². The van der Waals surface area contributed by atoms with Crippen LogP contribution in [0.3, 0.4) is 0 Å². The molecular weight excluding hydrogens is 210 g/mol. The molecule has 0 heterocycles. The van der Waals surface area contributed by atoms with Gasteiger partial charge in [-0.2, -0.15) is 0 Å². The number of benzene rings is 1. The minimum atomic E-state index is 0.510. The fourth-order valence-electron chi connectivity index (χ4n) is 1.48. The second-order valence-electron chi connectivity index (χ2n) is 3.42. The summed E-state index contributed by atoms with van der Waals surface area (Å²) >= 11 is 5.53. The van der Waals surface area contributed by atoms with Crippen molar-refractivity contribution < 1.29 is 4.74 Å². The van der Waals surface area contributed by atoms with Gasteiger partial charge in [0, 0.05) is 6.54 Å². The van der Waals surface area contributed by atoms with Gasteiger partial charge in [0.2, 0.25) is 0 Å². The van der Waals surface area contributed by atoms with Crippen LogP contribution >= 0.6 is 11.6 Å². The molecule has 0 fully saturated rings. The number of alkyl halides is 1. The summed E-state index contributed by atoms with van der Waals surface area (Å²) < 4.78 is 5.48. The molecule has 0 aromatic heterocycles. The summed E-state index contributed by atoms with van der Waals surface area (Å²) in [4.78, 5) is 0. The van der Waals surface area contributed by atoms with Gasteiger partial charge in [-0.05, 0) is 37.5 Å². The van der Waals surface area contributed by atoms with Crippen LogP contribution in [0.5, 0.6) is 5.75 Å². The molecule has 1 aromatic carbocycles. The monoisotopic (exact) mass is 227 g/mol. The highest BCUT2D eigenvalue weighted by atomic mass is 35.5. The predicted octanol–water partition coefficient (Wildman–Crippen LogP) is 2.72. The molecule has 0 amide bonds. The van der Waals surface area contributed by atoms with Gasteiger partial charge >= 0.3 is 0 Å². The maximum absolute atomic E-state index is 5.53. The quantitative estimate of drug-likeness (QED) is 0.459. The van der Waals surface area contributed by atoms with Gasteiger partial charge in [0.15, 0.2) is 0 Å². The molecule has 84 valence electrons. The van der Waals surface area contributed by atoms with Crippen molar-refractivity contribution in [1.29, 1.82) is 0 Å². The summed E-state index contributed by atoms with van der Waals surface area (Å²) in [7, 11) is 0. The molecule has 1 rings (SSSR count). The zero-order valence-electron chi connectivity index (χ0n) is 9.35. The number of aryl methyl sites for hydroxylation is 1. The van der Waals surface area contributed by atoms with E-state index in [9.17, 15) is 0 Å². The van der Waals surface area contributed by atoms with Crippen LogP contribution in [0, 0.1) is 6.92 Å². The highest BCUT2D eigenvalue weighted by Gasteiger charge is 2.00. The molecule has 0 saturated heterocycles. The Bertz CT molecular complexity index is 302. The summed E-state index contributed by atoms with van der Waals surface area (Å²) in [6.07, 6.45) is 1.000. The SMILES string of the molecule is CCOc1ccc(CCNCCl)cc1C. The van der Waals surface area contributed by atoms with E-state index in [0.717, 1.165) is 18.7 Å². The van der Waals surface area contributed by atoms with E-state index in [0.29, 0.717) is 12.6 Å². The molecule has 0 saturated carbocycles. The Morgan fingerprint density at radius 2 is 2.20 bits per heavy atom. The molecule has 1 aromatic rings. The highest BCUT2D eigenvalue weighted by molar-refractivity contribution is 6.17. The zero-order chi connectivity index (χ0) is 11.1. The Morgan fingerprint density at radius 3 is 2.80 bits per heavy atom. The third kappa shape index (κ3) is 4.10. The number of hydrogen-bond acceptors (Lipinski definition) is 2. The lowest BCUT2D eigenvalue weighted by Crippen LogP contribution is -2.14. The van der Waals surface area contributed by atoms with E-state index in [-0.39, 0.29) is 0 Å². The average Bonchev–Trinajstić information content (AvgIpc) is 2.23. The van der Waals surface area contributed by atoms with E-state index < -0.39 is 0 Å². The minimum absolute atomic E-state index is 0.510. The average molecular weight is 228 g/mol. The largest absolute Gasteiger partial charge is 0.494 e. The van der Waals surface area contributed by atoms with Gasteiger partial charge in [-0.15, -0.1) is 11.6 Å². The summed E-state index contributed by atoms with van der Waals surface area (Å²) in [5, 5.41) is 3.09. The number of halogens is 1. The smallest absolute Gasteiger partial charge is 0.122 e. The second-order valence-corrected chi connectivity index (χ2v) is 3.68. The first-order chi connectivity index (χ1) is 7.27. The molecule has 0 unspecified atom stereocenters. The normalized spacial score (nSPS) is 10.3. The van der Waals surface area contributed by atoms with E-state index in [1.807, 2.05) is 13.0 Å². The first kappa shape index (κ1) is 12.3. The molecule has 0 aliphatic carbocycles. The molecule has 1 N–H and O–H groups in total. The molecule has 15 heavy (non-hydrogen) atoms. The Morgan fingerprint density at radius 1 is 1.40 bits per heavy atom. The molecule has 0 aliphatic rings. The van der Waals surface area contributed by atoms with E-state index in [1.165, 1.54) is 11.1 Å². The first-order valence-corrected chi connectivity index (χ1v) is 5.80. The molecule has 0 spiro atoms. The Balaban J connectivity index is 2.56.